The van der Waals surface area contributed by atoms with Crippen molar-refractivity contribution in [1.29, 1.82) is 0 Å². The number of halogens is 1. The first-order valence-electron chi connectivity index (χ1n) is 3.58. The van der Waals surface area contributed by atoms with Gasteiger partial charge in [0.1, 0.15) is 0 Å². The van der Waals surface area contributed by atoms with Crippen LogP contribution in [-0.2, 0) is 0 Å². The van der Waals surface area contributed by atoms with Crippen LogP contribution in [0.25, 0.3) is 0 Å². The van der Waals surface area contributed by atoms with Crippen LogP contribution in [0.4, 0.5) is 0 Å². The van der Waals surface area contributed by atoms with E-state index < -0.39 is 0 Å². The van der Waals surface area contributed by atoms with Crippen LogP contribution in [0.1, 0.15) is 0 Å². The van der Waals surface area contributed by atoms with E-state index in [0.717, 1.165) is 0 Å². The molecule has 0 saturated carbocycles. The van der Waals surface area contributed by atoms with Crippen molar-refractivity contribution in [3.8, 4) is 17.2 Å². The number of hydrogen-bond donors (Lipinski definition) is 0. The van der Waals surface area contributed by atoms with Crippen LogP contribution in [0.5, 0.6) is 17.2 Å². The molecule has 3 nitrogen and oxygen atoms in total. The summed E-state index contributed by atoms with van der Waals surface area (Å²) < 4.78 is 15.3. The molecule has 0 atom stereocenters. The molecule has 0 aliphatic carbocycles. The molecule has 0 saturated heterocycles. The van der Waals surface area contributed by atoms with Crippen LogP contribution in [-0.4, -0.2) is 21.3 Å². The van der Waals surface area contributed by atoms with Crippen LogP contribution in [0, 0.1) is 0 Å². The third-order valence-corrected chi connectivity index (χ3v) is 1.59. The average Bonchev–Trinajstić information content (AvgIpc) is 2.16. The lowest BCUT2D eigenvalue weighted by atomic mass is 10.3. The molecule has 0 aliphatic rings. The van der Waals surface area contributed by atoms with Gasteiger partial charge in [0.15, 0.2) is 11.5 Å². The molecule has 0 fully saturated rings. The van der Waals surface area contributed by atoms with Crippen molar-refractivity contribution >= 4 is 17.0 Å². The molecule has 0 amide bonds. The normalized spacial score (nSPS) is 8.54. The molecule has 0 heterocycles. The fourth-order valence-corrected chi connectivity index (χ4v) is 1.02. The molecule has 0 bridgehead atoms. The fourth-order valence-electron chi connectivity index (χ4n) is 1.02. The van der Waals surface area contributed by atoms with E-state index in [9.17, 15) is 0 Å². The minimum atomic E-state index is 0. The standard InChI is InChI=1S/C9H12O3.BrH/c1-10-7-5-4-6-8(11-2)9(7)12-3;/h4-6H,1-3H3;1H. The van der Waals surface area contributed by atoms with Crippen molar-refractivity contribution in [2.45, 2.75) is 0 Å². The highest BCUT2D eigenvalue weighted by Crippen LogP contribution is 2.35. The Morgan fingerprint density at radius 2 is 1.31 bits per heavy atom. The third kappa shape index (κ3) is 2.52. The maximum Gasteiger partial charge on any atom is 0.203 e. The summed E-state index contributed by atoms with van der Waals surface area (Å²) in [6.45, 7) is 0. The largest absolute Gasteiger partial charge is 0.493 e. The van der Waals surface area contributed by atoms with Crippen molar-refractivity contribution in [3.63, 3.8) is 0 Å². The zero-order valence-electron chi connectivity index (χ0n) is 7.87. The van der Waals surface area contributed by atoms with Crippen molar-refractivity contribution in [2.24, 2.45) is 0 Å². The molecule has 0 unspecified atom stereocenters. The van der Waals surface area contributed by atoms with E-state index >= 15 is 0 Å². The second-order valence-electron chi connectivity index (χ2n) is 2.20. The first-order chi connectivity index (χ1) is 5.83. The lowest BCUT2D eigenvalue weighted by Gasteiger charge is -2.10. The Kier molecular flexibility index (Phi) is 5.30. The summed E-state index contributed by atoms with van der Waals surface area (Å²) in [6, 6.07) is 5.49. The van der Waals surface area contributed by atoms with Gasteiger partial charge in [0.2, 0.25) is 5.75 Å². The predicted molar refractivity (Wildman–Crippen MR) is 56.4 cm³/mol. The van der Waals surface area contributed by atoms with Crippen molar-refractivity contribution < 1.29 is 14.2 Å². The Bertz CT molecular complexity index is 241. The average molecular weight is 249 g/mol. The van der Waals surface area contributed by atoms with Gasteiger partial charge in [0.05, 0.1) is 21.3 Å². The smallest absolute Gasteiger partial charge is 0.203 e. The summed E-state index contributed by atoms with van der Waals surface area (Å²) in [5.41, 5.74) is 0. The summed E-state index contributed by atoms with van der Waals surface area (Å²) in [4.78, 5) is 0. The zero-order valence-corrected chi connectivity index (χ0v) is 9.58. The van der Waals surface area contributed by atoms with Crippen LogP contribution in [0.2, 0.25) is 0 Å². The molecule has 0 N–H and O–H groups in total. The summed E-state index contributed by atoms with van der Waals surface area (Å²) in [5.74, 6) is 1.98. The van der Waals surface area contributed by atoms with Gasteiger partial charge in [-0.25, -0.2) is 0 Å². The molecule has 1 rings (SSSR count). The minimum Gasteiger partial charge on any atom is -0.493 e. The monoisotopic (exact) mass is 248 g/mol. The van der Waals surface area contributed by atoms with Gasteiger partial charge in [-0.2, -0.15) is 0 Å². The maximum atomic E-state index is 5.11. The summed E-state index contributed by atoms with van der Waals surface area (Å²) in [7, 11) is 4.77. The van der Waals surface area contributed by atoms with E-state index in [1.54, 1.807) is 21.3 Å². The highest BCUT2D eigenvalue weighted by Gasteiger charge is 2.08. The first-order valence-corrected chi connectivity index (χ1v) is 3.58. The number of para-hydroxylation sites is 1. The Morgan fingerprint density at radius 1 is 0.846 bits per heavy atom. The molecule has 1 aromatic rings. The molecule has 1 aromatic carbocycles. The van der Waals surface area contributed by atoms with Gasteiger partial charge in [0, 0.05) is 0 Å². The van der Waals surface area contributed by atoms with Gasteiger partial charge in [-0.3, -0.25) is 0 Å². The van der Waals surface area contributed by atoms with Gasteiger partial charge < -0.3 is 14.2 Å². The maximum absolute atomic E-state index is 5.11. The molecule has 0 spiro atoms. The second kappa shape index (κ2) is 5.70. The highest BCUT2D eigenvalue weighted by molar-refractivity contribution is 8.93. The number of benzene rings is 1. The second-order valence-corrected chi connectivity index (χ2v) is 2.20. The van der Waals surface area contributed by atoms with Crippen LogP contribution < -0.4 is 14.2 Å². The SMILES string of the molecule is Br.COc1cccc(OC)c1OC. The van der Waals surface area contributed by atoms with E-state index in [1.165, 1.54) is 0 Å². The van der Waals surface area contributed by atoms with E-state index in [2.05, 4.69) is 0 Å². The van der Waals surface area contributed by atoms with E-state index in [4.69, 9.17) is 14.2 Å². The van der Waals surface area contributed by atoms with Gasteiger partial charge >= 0.3 is 0 Å². The van der Waals surface area contributed by atoms with Gasteiger partial charge in [-0.05, 0) is 12.1 Å². The molecule has 0 radical (unpaired) electrons. The van der Waals surface area contributed by atoms with Crippen LogP contribution in [0.15, 0.2) is 18.2 Å². The third-order valence-electron chi connectivity index (χ3n) is 1.59. The Morgan fingerprint density at radius 3 is 1.62 bits per heavy atom. The summed E-state index contributed by atoms with van der Waals surface area (Å²) in [5, 5.41) is 0. The molecule has 0 aliphatic heterocycles. The lowest BCUT2D eigenvalue weighted by Crippen LogP contribution is -1.93. The Hall–Kier alpha value is -0.900. The Balaban J connectivity index is 0.00000144. The van der Waals surface area contributed by atoms with Crippen molar-refractivity contribution in [3.05, 3.63) is 18.2 Å². The molecule has 13 heavy (non-hydrogen) atoms. The Labute approximate surface area is 88.4 Å². The van der Waals surface area contributed by atoms with Gasteiger partial charge in [0.25, 0.3) is 0 Å². The predicted octanol–water partition coefficient (Wildman–Crippen LogP) is 2.29. The van der Waals surface area contributed by atoms with Gasteiger partial charge in [-0.1, -0.05) is 6.07 Å². The first kappa shape index (κ1) is 12.1. The quantitative estimate of drug-likeness (QED) is 0.822. The number of rotatable bonds is 3. The minimum absolute atomic E-state index is 0. The highest BCUT2D eigenvalue weighted by atomic mass is 79.9. The molecule has 0 aromatic heterocycles. The van der Waals surface area contributed by atoms with E-state index in [-0.39, 0.29) is 17.0 Å². The topological polar surface area (TPSA) is 27.7 Å². The fraction of sp³-hybridized carbons (Fsp3) is 0.333. The summed E-state index contributed by atoms with van der Waals surface area (Å²) in [6.07, 6.45) is 0. The van der Waals surface area contributed by atoms with Gasteiger partial charge in [-0.15, -0.1) is 17.0 Å². The lowest BCUT2D eigenvalue weighted by molar-refractivity contribution is 0.324. The molecular weight excluding hydrogens is 236 g/mol. The number of ether oxygens (including phenoxy) is 3. The number of hydrogen-bond acceptors (Lipinski definition) is 3. The van der Waals surface area contributed by atoms with Crippen molar-refractivity contribution in [1.82, 2.24) is 0 Å². The van der Waals surface area contributed by atoms with E-state index in [0.29, 0.717) is 17.2 Å². The molecular formula is C9H13BrO3. The zero-order chi connectivity index (χ0) is 8.97. The number of methoxy groups -OCH3 is 3. The van der Waals surface area contributed by atoms with Crippen LogP contribution in [0.3, 0.4) is 0 Å². The molecule has 4 heteroatoms. The van der Waals surface area contributed by atoms with E-state index in [1.807, 2.05) is 18.2 Å². The molecule has 74 valence electrons. The van der Waals surface area contributed by atoms with Crippen LogP contribution >= 0.6 is 17.0 Å². The summed E-state index contributed by atoms with van der Waals surface area (Å²) >= 11 is 0. The van der Waals surface area contributed by atoms with Crippen molar-refractivity contribution in [2.75, 3.05) is 21.3 Å².